The molecular weight excluding hydrogens is 266 g/mol. The van der Waals surface area contributed by atoms with Crippen LogP contribution in [0.15, 0.2) is 34.7 Å². The van der Waals surface area contributed by atoms with Crippen LogP contribution in [0.3, 0.4) is 0 Å². The highest BCUT2D eigenvalue weighted by molar-refractivity contribution is 5.92. The first kappa shape index (κ1) is 13.8. The second-order valence-electron chi connectivity index (χ2n) is 5.54. The van der Waals surface area contributed by atoms with E-state index in [4.69, 9.17) is 10.2 Å². The predicted octanol–water partition coefficient (Wildman–Crippen LogP) is 1.86. The van der Waals surface area contributed by atoms with E-state index >= 15 is 0 Å². The van der Waals surface area contributed by atoms with Crippen LogP contribution >= 0.6 is 0 Å². The molecule has 0 unspecified atom stereocenters. The number of rotatable bonds is 2. The number of hydrogen-bond donors (Lipinski definition) is 1. The van der Waals surface area contributed by atoms with E-state index in [1.807, 2.05) is 18.2 Å². The molecular formula is C16H19N3O2. The molecule has 0 radical (unpaired) electrons. The lowest BCUT2D eigenvalue weighted by Gasteiger charge is -2.15. The highest BCUT2D eigenvalue weighted by Crippen LogP contribution is 2.28. The van der Waals surface area contributed by atoms with Gasteiger partial charge in [0.2, 0.25) is 5.76 Å². The van der Waals surface area contributed by atoms with Gasteiger partial charge < -0.3 is 15.1 Å². The smallest absolute Gasteiger partial charge is 0.291 e. The maximum absolute atomic E-state index is 12.5. The van der Waals surface area contributed by atoms with E-state index in [0.717, 1.165) is 0 Å². The second kappa shape index (κ2) is 5.33. The molecule has 1 amide bonds. The van der Waals surface area contributed by atoms with Crippen LogP contribution in [0.4, 0.5) is 0 Å². The summed E-state index contributed by atoms with van der Waals surface area (Å²) < 4.78 is 5.42. The first-order chi connectivity index (χ1) is 10.1. The molecule has 2 aromatic rings. The highest BCUT2D eigenvalue weighted by atomic mass is 16.4. The number of oxazole rings is 1. The van der Waals surface area contributed by atoms with Crippen LogP contribution in [0.5, 0.6) is 0 Å². The van der Waals surface area contributed by atoms with Crippen molar-refractivity contribution in [2.45, 2.75) is 25.8 Å². The van der Waals surface area contributed by atoms with Crippen molar-refractivity contribution in [1.82, 2.24) is 9.88 Å². The van der Waals surface area contributed by atoms with E-state index in [0.29, 0.717) is 30.4 Å². The molecule has 0 saturated carbocycles. The maximum Gasteiger partial charge on any atom is 0.291 e. The molecule has 0 aliphatic carbocycles. The van der Waals surface area contributed by atoms with Crippen LogP contribution in [0.2, 0.25) is 0 Å². The minimum atomic E-state index is -0.123. The van der Waals surface area contributed by atoms with Crippen molar-refractivity contribution < 1.29 is 9.21 Å². The summed E-state index contributed by atoms with van der Waals surface area (Å²) in [5, 5.41) is 0. The Hall–Kier alpha value is -2.14. The molecule has 5 heteroatoms. The van der Waals surface area contributed by atoms with Crippen LogP contribution in [-0.4, -0.2) is 34.9 Å². The molecule has 1 fully saturated rings. The lowest BCUT2D eigenvalue weighted by molar-refractivity contribution is 0.0755. The van der Waals surface area contributed by atoms with Gasteiger partial charge in [-0.25, -0.2) is 4.98 Å². The fourth-order valence-electron chi connectivity index (χ4n) is 2.92. The zero-order chi connectivity index (χ0) is 15.0. The average molecular weight is 285 g/mol. The lowest BCUT2D eigenvalue weighted by atomic mass is 9.95. The topological polar surface area (TPSA) is 72.4 Å². The van der Waals surface area contributed by atoms with E-state index in [2.05, 4.69) is 17.1 Å². The van der Waals surface area contributed by atoms with Gasteiger partial charge in [-0.15, -0.1) is 0 Å². The van der Waals surface area contributed by atoms with Crippen LogP contribution in [-0.2, 0) is 0 Å². The Bertz CT molecular complexity index is 651. The molecule has 2 atom stereocenters. The third-order valence-electron chi connectivity index (χ3n) is 3.98. The highest BCUT2D eigenvalue weighted by Gasteiger charge is 2.35. The van der Waals surface area contributed by atoms with E-state index in [1.54, 1.807) is 18.7 Å². The third kappa shape index (κ3) is 2.56. The Morgan fingerprint density at radius 2 is 2.00 bits per heavy atom. The van der Waals surface area contributed by atoms with Crippen molar-refractivity contribution in [1.29, 1.82) is 0 Å². The fourth-order valence-corrected chi connectivity index (χ4v) is 2.92. The quantitative estimate of drug-likeness (QED) is 0.914. The molecule has 1 aromatic heterocycles. The number of benzene rings is 1. The van der Waals surface area contributed by atoms with Gasteiger partial charge in [-0.05, 0) is 12.5 Å². The summed E-state index contributed by atoms with van der Waals surface area (Å²) in [5.74, 6) is 0.883. The van der Waals surface area contributed by atoms with Crippen LogP contribution in [0.1, 0.15) is 33.6 Å². The van der Waals surface area contributed by atoms with Gasteiger partial charge in [-0.3, -0.25) is 4.79 Å². The lowest BCUT2D eigenvalue weighted by Crippen LogP contribution is -2.32. The second-order valence-corrected chi connectivity index (χ2v) is 5.54. The minimum absolute atomic E-state index is 0.0549. The summed E-state index contributed by atoms with van der Waals surface area (Å²) in [6, 6.07) is 10.0. The van der Waals surface area contributed by atoms with Crippen LogP contribution in [0.25, 0.3) is 0 Å². The normalized spacial score (nSPS) is 21.8. The summed E-state index contributed by atoms with van der Waals surface area (Å²) in [7, 11) is 0. The van der Waals surface area contributed by atoms with Gasteiger partial charge in [0.1, 0.15) is 0 Å². The van der Waals surface area contributed by atoms with Gasteiger partial charge >= 0.3 is 0 Å². The molecule has 0 spiro atoms. The van der Waals surface area contributed by atoms with Crippen LogP contribution < -0.4 is 5.73 Å². The van der Waals surface area contributed by atoms with Crippen molar-refractivity contribution in [2.24, 2.45) is 5.73 Å². The molecule has 3 rings (SSSR count). The number of nitrogens with zero attached hydrogens (tertiary/aromatic N) is 2. The van der Waals surface area contributed by atoms with Gasteiger partial charge in [-0.2, -0.15) is 0 Å². The summed E-state index contributed by atoms with van der Waals surface area (Å²) in [6.45, 7) is 4.68. The zero-order valence-electron chi connectivity index (χ0n) is 12.2. The fraction of sp³-hybridized carbons (Fsp3) is 0.375. The van der Waals surface area contributed by atoms with Crippen molar-refractivity contribution in [3.8, 4) is 0 Å². The molecule has 1 aromatic carbocycles. The van der Waals surface area contributed by atoms with E-state index < -0.39 is 0 Å². The van der Waals surface area contributed by atoms with Gasteiger partial charge in [0, 0.05) is 32.0 Å². The monoisotopic (exact) mass is 285 g/mol. The SMILES string of the molecule is Cc1nc(C)c(C(=O)N2C[C@@H](N)[C@H](c3ccccc3)C2)o1. The number of carbonyl (C=O) groups is 1. The number of aryl methyl sites for hydroxylation is 2. The van der Waals surface area contributed by atoms with E-state index in [9.17, 15) is 4.79 Å². The zero-order valence-corrected chi connectivity index (χ0v) is 12.2. The number of carbonyl (C=O) groups excluding carboxylic acids is 1. The molecule has 2 heterocycles. The Kier molecular flexibility index (Phi) is 3.51. The summed E-state index contributed by atoms with van der Waals surface area (Å²) in [5.41, 5.74) is 8.03. The van der Waals surface area contributed by atoms with Gasteiger partial charge in [0.05, 0.1) is 5.69 Å². The number of amides is 1. The van der Waals surface area contributed by atoms with E-state index in [1.165, 1.54) is 5.56 Å². The van der Waals surface area contributed by atoms with Gasteiger partial charge in [0.25, 0.3) is 5.91 Å². The molecule has 1 aliphatic heterocycles. The maximum atomic E-state index is 12.5. The molecule has 1 saturated heterocycles. The average Bonchev–Trinajstić information content (AvgIpc) is 3.02. The van der Waals surface area contributed by atoms with Crippen molar-refractivity contribution in [3.05, 3.63) is 53.2 Å². The number of nitrogens with two attached hydrogens (primary N) is 1. The number of hydrogen-bond acceptors (Lipinski definition) is 4. The van der Waals surface area contributed by atoms with E-state index in [-0.39, 0.29) is 17.9 Å². The summed E-state index contributed by atoms with van der Waals surface area (Å²) >= 11 is 0. The van der Waals surface area contributed by atoms with Crippen molar-refractivity contribution in [3.63, 3.8) is 0 Å². The predicted molar refractivity (Wildman–Crippen MR) is 79.0 cm³/mol. The molecule has 1 aliphatic rings. The molecule has 21 heavy (non-hydrogen) atoms. The summed E-state index contributed by atoms with van der Waals surface area (Å²) in [4.78, 5) is 18.5. The minimum Gasteiger partial charge on any atom is -0.436 e. The molecule has 0 bridgehead atoms. The van der Waals surface area contributed by atoms with Crippen LogP contribution in [0, 0.1) is 13.8 Å². The first-order valence-corrected chi connectivity index (χ1v) is 7.10. The van der Waals surface area contributed by atoms with Gasteiger partial charge in [0.15, 0.2) is 5.89 Å². The third-order valence-corrected chi connectivity index (χ3v) is 3.98. The Balaban J connectivity index is 1.80. The molecule has 2 N–H and O–H groups in total. The van der Waals surface area contributed by atoms with Crippen molar-refractivity contribution in [2.75, 3.05) is 13.1 Å². The summed E-state index contributed by atoms with van der Waals surface area (Å²) in [6.07, 6.45) is 0. The Labute approximate surface area is 123 Å². The van der Waals surface area contributed by atoms with Crippen molar-refractivity contribution >= 4 is 5.91 Å². The number of likely N-dealkylation sites (tertiary alicyclic amines) is 1. The molecule has 5 nitrogen and oxygen atoms in total. The van der Waals surface area contributed by atoms with Gasteiger partial charge in [-0.1, -0.05) is 30.3 Å². The standard InChI is InChI=1S/C16H19N3O2/c1-10-15(21-11(2)18-10)16(20)19-8-13(14(17)9-19)12-6-4-3-5-7-12/h3-7,13-14H,8-9,17H2,1-2H3/t13-,14+/m0/s1. The first-order valence-electron chi connectivity index (χ1n) is 7.10. The Morgan fingerprint density at radius 1 is 1.29 bits per heavy atom. The Morgan fingerprint density at radius 3 is 2.62 bits per heavy atom. The molecule has 110 valence electrons. The largest absolute Gasteiger partial charge is 0.436 e. The number of aromatic nitrogens is 1.